The Morgan fingerprint density at radius 3 is 1.42 bits per heavy atom. The van der Waals surface area contributed by atoms with Gasteiger partial charge in [-0.3, -0.25) is 0 Å². The summed E-state index contributed by atoms with van der Waals surface area (Å²) in [5.41, 5.74) is -6.79. The van der Waals surface area contributed by atoms with E-state index < -0.39 is 159 Å². The number of hydrogen-bond donors (Lipinski definition) is 11. The molecule has 334 valence electrons. The summed E-state index contributed by atoms with van der Waals surface area (Å²) < 4.78 is 49.4. The minimum atomic E-state index is -2.04. The van der Waals surface area contributed by atoms with Gasteiger partial charge in [-0.2, -0.15) is 0 Å². The molecule has 64 heavy (non-hydrogen) atoms. The first-order chi connectivity index (χ1) is 30.4. The van der Waals surface area contributed by atoms with Crippen molar-refractivity contribution in [1.82, 2.24) is 0 Å². The third-order valence-corrected chi connectivity index (χ3v) is 11.5. The van der Waals surface area contributed by atoms with Crippen LogP contribution in [0.4, 0.5) is 0 Å². The number of ether oxygens (including phenoxy) is 5. The molecule has 6 heterocycles. The molecule has 11 N–H and O–H groups in total. The number of phenolic OH excluding ortho intramolecular Hbond substituents is 6. The number of phenols is 6. The van der Waals surface area contributed by atoms with Gasteiger partial charge in [0.25, 0.3) is 0 Å². The molecule has 0 spiro atoms. The lowest BCUT2D eigenvalue weighted by Crippen LogP contribution is -2.64. The summed E-state index contributed by atoms with van der Waals surface area (Å²) in [7, 11) is 0. The maximum atomic E-state index is 13.1. The molecule has 0 unspecified atom stereocenters. The van der Waals surface area contributed by atoms with Crippen LogP contribution in [0.2, 0.25) is 0 Å². The Kier molecular flexibility index (Phi) is 9.06. The van der Waals surface area contributed by atoms with Crippen LogP contribution in [-0.4, -0.2) is 124 Å². The van der Waals surface area contributed by atoms with E-state index >= 15 is 0 Å². The van der Waals surface area contributed by atoms with Crippen LogP contribution in [0.25, 0.3) is 65.4 Å². The minimum Gasteiger partial charge on any atom is -0.504 e. The molecule has 8 aromatic rings. The summed E-state index contributed by atoms with van der Waals surface area (Å²) in [5, 5.41) is 116. The van der Waals surface area contributed by atoms with Crippen LogP contribution in [-0.2, 0) is 14.2 Å². The normalized spacial score (nSPS) is 26.6. The van der Waals surface area contributed by atoms with Gasteiger partial charge >= 0.3 is 22.5 Å². The Bertz CT molecular complexity index is 3460. The first-order valence-electron chi connectivity index (χ1n) is 18.9. The monoisotopic (exact) mass is 894 g/mol. The summed E-state index contributed by atoms with van der Waals surface area (Å²) in [6.07, 6.45) is -18.2. The summed E-state index contributed by atoms with van der Waals surface area (Å²) >= 11 is 0. The predicted molar refractivity (Wildman–Crippen MR) is 208 cm³/mol. The fourth-order valence-electron chi connectivity index (χ4n) is 8.25. The van der Waals surface area contributed by atoms with E-state index in [0.29, 0.717) is 0 Å². The maximum Gasteiger partial charge on any atom is 0.344 e. The van der Waals surface area contributed by atoms with Gasteiger partial charge in [-0.05, 0) is 31.2 Å². The van der Waals surface area contributed by atoms with Gasteiger partial charge in [0.05, 0.1) is 27.6 Å². The largest absolute Gasteiger partial charge is 0.504 e. The van der Waals surface area contributed by atoms with Gasteiger partial charge in [0.2, 0.25) is 29.3 Å². The zero-order chi connectivity index (χ0) is 45.5. The molecular weight excluding hydrogens is 864 g/mol. The summed E-state index contributed by atoms with van der Waals surface area (Å²) in [6.45, 7) is 0.557. The Labute approximate surface area is 349 Å². The highest BCUT2D eigenvalue weighted by Gasteiger charge is 2.51. The van der Waals surface area contributed by atoms with E-state index in [2.05, 4.69) is 0 Å². The molecule has 0 aliphatic carbocycles. The predicted octanol–water partition coefficient (Wildman–Crippen LogP) is -0.355. The highest BCUT2D eigenvalue weighted by atomic mass is 16.7. The molecule has 4 aromatic heterocycles. The molecule has 2 aliphatic heterocycles. The third-order valence-electron chi connectivity index (χ3n) is 11.5. The van der Waals surface area contributed by atoms with Crippen LogP contribution in [0.5, 0.6) is 46.0 Å². The SMILES string of the molecule is C[C@@H]1O[C@@H](Oc2cc3c(=O)oc4c(O)c(O)cc5c(=O)oc(c2O)c3c45)[C@H](O)[C@H](O)[C@H]1O[C@@H]1O[C@H](COc2cc3c(=O)oc4c(O)c(O)cc5c(=O)oc(c2O)c3c45)[C@@H](O)[C@H](O)[C@H]1O. The fraction of sp³-hybridized carbons (Fsp3) is 0.300. The molecule has 10 rings (SSSR count). The highest BCUT2D eigenvalue weighted by Crippen LogP contribution is 2.47. The van der Waals surface area contributed by atoms with Gasteiger partial charge in [0, 0.05) is 21.5 Å². The van der Waals surface area contributed by atoms with E-state index in [0.717, 1.165) is 24.3 Å². The van der Waals surface area contributed by atoms with Gasteiger partial charge in [0.1, 0.15) is 49.3 Å². The molecular formula is C40H30O24. The highest BCUT2D eigenvalue weighted by molar-refractivity contribution is 6.23. The molecule has 0 radical (unpaired) electrons. The van der Waals surface area contributed by atoms with Crippen LogP contribution < -0.4 is 32.0 Å². The second-order valence-electron chi connectivity index (χ2n) is 15.2. The molecule has 2 saturated heterocycles. The van der Waals surface area contributed by atoms with Gasteiger partial charge in [-0.15, -0.1) is 0 Å². The van der Waals surface area contributed by atoms with Crippen molar-refractivity contribution in [1.29, 1.82) is 0 Å². The van der Waals surface area contributed by atoms with E-state index in [1.165, 1.54) is 6.92 Å². The molecule has 2 fully saturated rings. The van der Waals surface area contributed by atoms with Crippen LogP contribution in [0.3, 0.4) is 0 Å². The van der Waals surface area contributed by atoms with E-state index in [1.54, 1.807) is 0 Å². The molecule has 4 aromatic carbocycles. The van der Waals surface area contributed by atoms with Gasteiger partial charge < -0.3 is 97.5 Å². The second kappa shape index (κ2) is 14.2. The average molecular weight is 895 g/mol. The lowest BCUT2D eigenvalue weighted by molar-refractivity contribution is -0.348. The van der Waals surface area contributed by atoms with Crippen molar-refractivity contribution in [2.24, 2.45) is 0 Å². The molecule has 2 aliphatic rings. The molecule has 24 heteroatoms. The number of aliphatic hydroxyl groups excluding tert-OH is 5. The van der Waals surface area contributed by atoms with E-state index in [1.807, 2.05) is 0 Å². The van der Waals surface area contributed by atoms with Crippen LogP contribution in [0, 0.1) is 0 Å². The van der Waals surface area contributed by atoms with E-state index in [9.17, 15) is 75.3 Å². The lowest BCUT2D eigenvalue weighted by atomic mass is 9.97. The minimum absolute atomic E-state index is 0.160. The number of rotatable bonds is 7. The number of aliphatic hydroxyl groups is 5. The fourth-order valence-corrected chi connectivity index (χ4v) is 8.25. The molecule has 24 nitrogen and oxygen atoms in total. The van der Waals surface area contributed by atoms with Crippen molar-refractivity contribution >= 4 is 65.4 Å². The Hall–Kier alpha value is -7.16. The smallest absolute Gasteiger partial charge is 0.344 e. The lowest BCUT2D eigenvalue weighted by Gasteiger charge is -2.45. The first-order valence-corrected chi connectivity index (χ1v) is 18.9. The standard InChI is InChI=1S/C40H30O24/c1-7-30(27(49)29(51)39(57-7)58-15-5-11-20-18-9(36(53)63-34(20)25(15)47)3-13(42)22(44)32(18)61-38(11)55)64-40-28(50)26(48)23(45)16(59-40)6-56-14-4-10-19-17-8(35(52)62-33(19)24(14)46)2-12(41)21(43)31(17)60-37(10)54/h2-5,7,16,23,26-30,39-51H,6H2,1H3/t7-,16+,23+,26-,27-,28+,29+,30-,39-,40-/m0/s1. The molecule has 0 amide bonds. The van der Waals surface area contributed by atoms with Gasteiger partial charge in [0.15, 0.2) is 51.6 Å². The number of benzene rings is 4. The molecule has 0 saturated carbocycles. The Morgan fingerprint density at radius 2 is 0.922 bits per heavy atom. The van der Waals surface area contributed by atoms with Crippen molar-refractivity contribution in [3.8, 4) is 46.0 Å². The van der Waals surface area contributed by atoms with E-state index in [-0.39, 0.29) is 43.1 Å². The van der Waals surface area contributed by atoms with Gasteiger partial charge in [-0.1, -0.05) is 0 Å². The second-order valence-corrected chi connectivity index (χ2v) is 15.2. The average Bonchev–Trinajstić information content (AvgIpc) is 3.25. The zero-order valence-electron chi connectivity index (χ0n) is 32.0. The van der Waals surface area contributed by atoms with Crippen molar-refractivity contribution in [3.05, 3.63) is 65.9 Å². The van der Waals surface area contributed by atoms with Crippen LogP contribution in [0.15, 0.2) is 61.1 Å². The zero-order valence-corrected chi connectivity index (χ0v) is 32.0. The molecule has 0 bridgehead atoms. The van der Waals surface area contributed by atoms with Crippen molar-refractivity contribution in [2.45, 2.75) is 68.3 Å². The first kappa shape index (κ1) is 40.9. The molecule has 10 atom stereocenters. The summed E-state index contributed by atoms with van der Waals surface area (Å²) in [5.74, 6) is -6.15. The Balaban J connectivity index is 0.887. The van der Waals surface area contributed by atoms with Gasteiger partial charge in [-0.25, -0.2) is 19.2 Å². The topological polar surface area (TPSA) is 390 Å². The van der Waals surface area contributed by atoms with Crippen molar-refractivity contribution in [2.75, 3.05) is 6.61 Å². The van der Waals surface area contributed by atoms with Crippen LogP contribution >= 0.6 is 0 Å². The van der Waals surface area contributed by atoms with Crippen molar-refractivity contribution in [3.63, 3.8) is 0 Å². The summed E-state index contributed by atoms with van der Waals surface area (Å²) in [6, 6.07) is 3.70. The Morgan fingerprint density at radius 1 is 0.500 bits per heavy atom. The number of aromatic hydroxyl groups is 6. The third kappa shape index (κ3) is 5.78. The van der Waals surface area contributed by atoms with E-state index in [4.69, 9.17) is 41.4 Å². The van der Waals surface area contributed by atoms with Crippen LogP contribution in [0.1, 0.15) is 6.92 Å². The number of hydrogen-bond acceptors (Lipinski definition) is 24. The maximum absolute atomic E-state index is 13.1. The van der Waals surface area contributed by atoms with Crippen molar-refractivity contribution < 1.29 is 97.5 Å². The quantitative estimate of drug-likeness (QED) is 0.0553. The summed E-state index contributed by atoms with van der Waals surface area (Å²) in [4.78, 5) is 51.8.